The van der Waals surface area contributed by atoms with Crippen LogP contribution in [0.3, 0.4) is 0 Å². The van der Waals surface area contributed by atoms with Crippen molar-refractivity contribution in [2.45, 2.75) is 39.0 Å². The van der Waals surface area contributed by atoms with E-state index in [9.17, 15) is 0 Å². The van der Waals surface area contributed by atoms with E-state index in [1.54, 1.807) is 0 Å². The summed E-state index contributed by atoms with van der Waals surface area (Å²) >= 11 is 0. The van der Waals surface area contributed by atoms with Crippen LogP contribution in [0.1, 0.15) is 25.8 Å². The standard InChI is InChI=1S/C16H27N5O/c1-16(2)13(12-6-7-22-14(12)16)19-15(17-3)20(4)9-11-8-18-21(5)10-11/h8,10,12-14H,6-7,9H2,1-5H3,(H,17,19). The summed E-state index contributed by atoms with van der Waals surface area (Å²) in [7, 11) is 5.85. The molecule has 1 N–H and O–H groups in total. The third kappa shape index (κ3) is 2.49. The van der Waals surface area contributed by atoms with Crippen LogP contribution in [-0.2, 0) is 18.3 Å². The van der Waals surface area contributed by atoms with Crippen LogP contribution >= 0.6 is 0 Å². The third-order valence-corrected chi connectivity index (χ3v) is 5.14. The molecule has 0 bridgehead atoms. The summed E-state index contributed by atoms with van der Waals surface area (Å²) in [5.41, 5.74) is 1.34. The molecule has 0 spiro atoms. The van der Waals surface area contributed by atoms with E-state index >= 15 is 0 Å². The maximum atomic E-state index is 5.87. The number of aliphatic imine (C=N–C) groups is 1. The molecule has 22 heavy (non-hydrogen) atoms. The predicted octanol–water partition coefficient (Wildman–Crippen LogP) is 1.24. The monoisotopic (exact) mass is 305 g/mol. The molecule has 0 radical (unpaired) electrons. The Morgan fingerprint density at radius 2 is 2.36 bits per heavy atom. The lowest BCUT2D eigenvalue weighted by molar-refractivity contribution is -0.107. The van der Waals surface area contributed by atoms with Crippen molar-refractivity contribution >= 4 is 5.96 Å². The van der Waals surface area contributed by atoms with Crippen molar-refractivity contribution < 1.29 is 4.74 Å². The van der Waals surface area contributed by atoms with Crippen molar-refractivity contribution in [3.8, 4) is 0 Å². The van der Waals surface area contributed by atoms with Gasteiger partial charge >= 0.3 is 0 Å². The maximum Gasteiger partial charge on any atom is 0.193 e. The van der Waals surface area contributed by atoms with Gasteiger partial charge in [0.05, 0.1) is 12.3 Å². The Bertz CT molecular complexity index is 565. The first kappa shape index (κ1) is 15.3. The van der Waals surface area contributed by atoms with Gasteiger partial charge in [0.25, 0.3) is 0 Å². The minimum Gasteiger partial charge on any atom is -0.377 e. The van der Waals surface area contributed by atoms with Gasteiger partial charge in [0, 0.05) is 63.4 Å². The number of rotatable bonds is 3. The Morgan fingerprint density at radius 1 is 1.59 bits per heavy atom. The normalized spacial score (nSPS) is 29.9. The summed E-state index contributed by atoms with van der Waals surface area (Å²) in [6.45, 7) is 6.25. The predicted molar refractivity (Wildman–Crippen MR) is 86.6 cm³/mol. The van der Waals surface area contributed by atoms with Crippen LogP contribution in [0.15, 0.2) is 17.4 Å². The first-order chi connectivity index (χ1) is 10.4. The fraction of sp³-hybridized carbons (Fsp3) is 0.750. The van der Waals surface area contributed by atoms with Crippen LogP contribution in [0, 0.1) is 11.3 Å². The molecule has 2 heterocycles. The highest BCUT2D eigenvalue weighted by Crippen LogP contribution is 2.52. The molecular formula is C16H27N5O. The van der Waals surface area contributed by atoms with Crippen LogP contribution in [-0.4, -0.2) is 53.5 Å². The van der Waals surface area contributed by atoms with Gasteiger partial charge in [0.2, 0.25) is 0 Å². The van der Waals surface area contributed by atoms with E-state index in [1.165, 1.54) is 5.56 Å². The number of hydrogen-bond donors (Lipinski definition) is 1. The average Bonchev–Trinajstić information content (AvgIpc) is 3.07. The molecule has 1 aromatic heterocycles. The van der Waals surface area contributed by atoms with E-state index < -0.39 is 0 Å². The second-order valence-corrected chi connectivity index (χ2v) is 7.11. The van der Waals surface area contributed by atoms with Crippen LogP contribution in [0.4, 0.5) is 0 Å². The number of nitrogens with zero attached hydrogens (tertiary/aromatic N) is 4. The van der Waals surface area contributed by atoms with Crippen LogP contribution in [0.5, 0.6) is 0 Å². The molecule has 3 atom stereocenters. The molecule has 0 aromatic carbocycles. The van der Waals surface area contributed by atoms with Crippen LogP contribution in [0.25, 0.3) is 0 Å². The van der Waals surface area contributed by atoms with Gasteiger partial charge in [-0.1, -0.05) is 13.8 Å². The van der Waals surface area contributed by atoms with Crippen molar-refractivity contribution in [3.63, 3.8) is 0 Å². The zero-order valence-electron chi connectivity index (χ0n) is 14.2. The molecule has 1 aliphatic carbocycles. The molecule has 1 saturated heterocycles. The molecule has 6 heteroatoms. The van der Waals surface area contributed by atoms with E-state index in [1.807, 2.05) is 31.2 Å². The Morgan fingerprint density at radius 3 is 3.00 bits per heavy atom. The van der Waals surface area contributed by atoms with Gasteiger partial charge in [-0.25, -0.2) is 0 Å². The maximum absolute atomic E-state index is 5.87. The van der Waals surface area contributed by atoms with Crippen LogP contribution in [0.2, 0.25) is 0 Å². The molecular weight excluding hydrogens is 278 g/mol. The van der Waals surface area contributed by atoms with Gasteiger partial charge in [0.1, 0.15) is 0 Å². The molecule has 2 fully saturated rings. The van der Waals surface area contributed by atoms with Crippen molar-refractivity contribution in [2.24, 2.45) is 23.4 Å². The van der Waals surface area contributed by atoms with E-state index in [0.29, 0.717) is 18.1 Å². The molecule has 2 aliphatic rings. The summed E-state index contributed by atoms with van der Waals surface area (Å²) < 4.78 is 7.70. The largest absolute Gasteiger partial charge is 0.377 e. The lowest BCUT2D eigenvalue weighted by Gasteiger charge is -2.55. The molecule has 1 saturated carbocycles. The van der Waals surface area contributed by atoms with Gasteiger partial charge in [-0.05, 0) is 6.42 Å². The molecule has 122 valence electrons. The second kappa shape index (κ2) is 5.57. The number of aryl methyl sites for hydroxylation is 1. The Hall–Kier alpha value is -1.56. The van der Waals surface area contributed by atoms with Gasteiger partial charge in [-0.3, -0.25) is 9.67 Å². The molecule has 3 unspecified atom stereocenters. The minimum absolute atomic E-state index is 0.159. The van der Waals surface area contributed by atoms with Crippen LogP contribution < -0.4 is 5.32 Å². The summed E-state index contributed by atoms with van der Waals surface area (Å²) in [5, 5.41) is 7.88. The zero-order chi connectivity index (χ0) is 15.9. The third-order valence-electron chi connectivity index (χ3n) is 5.14. The summed E-state index contributed by atoms with van der Waals surface area (Å²) in [5.74, 6) is 1.55. The smallest absolute Gasteiger partial charge is 0.193 e. The van der Waals surface area contributed by atoms with E-state index in [4.69, 9.17) is 4.74 Å². The number of hydrogen-bond acceptors (Lipinski definition) is 3. The van der Waals surface area contributed by atoms with Gasteiger partial charge in [0.15, 0.2) is 5.96 Å². The van der Waals surface area contributed by atoms with Crippen molar-refractivity contribution in [3.05, 3.63) is 18.0 Å². The Balaban J connectivity index is 1.65. The molecule has 1 aliphatic heterocycles. The number of guanidine groups is 1. The Labute approximate surface area is 132 Å². The lowest BCUT2D eigenvalue weighted by atomic mass is 9.57. The van der Waals surface area contributed by atoms with Gasteiger partial charge < -0.3 is 15.0 Å². The highest BCUT2D eigenvalue weighted by Gasteiger charge is 2.59. The molecule has 6 nitrogen and oxygen atoms in total. The fourth-order valence-electron chi connectivity index (χ4n) is 4.00. The summed E-state index contributed by atoms with van der Waals surface area (Å²) in [4.78, 5) is 6.60. The highest BCUT2D eigenvalue weighted by atomic mass is 16.5. The van der Waals surface area contributed by atoms with Crippen molar-refractivity contribution in [1.29, 1.82) is 0 Å². The van der Waals surface area contributed by atoms with E-state index in [2.05, 4.69) is 41.2 Å². The summed E-state index contributed by atoms with van der Waals surface area (Å²) in [6.07, 6.45) is 5.48. The van der Waals surface area contributed by atoms with Crippen molar-refractivity contribution in [2.75, 3.05) is 20.7 Å². The second-order valence-electron chi connectivity index (χ2n) is 7.11. The molecule has 1 aromatic rings. The Kier molecular flexibility index (Phi) is 3.89. The first-order valence-electron chi connectivity index (χ1n) is 7.97. The number of nitrogens with one attached hydrogen (secondary N) is 1. The number of fused-ring (bicyclic) bond motifs is 1. The van der Waals surface area contributed by atoms with Gasteiger partial charge in [-0.15, -0.1) is 0 Å². The van der Waals surface area contributed by atoms with Crippen molar-refractivity contribution in [1.82, 2.24) is 20.0 Å². The zero-order valence-corrected chi connectivity index (χ0v) is 14.2. The van der Waals surface area contributed by atoms with E-state index in [-0.39, 0.29) is 5.41 Å². The van der Waals surface area contributed by atoms with E-state index in [0.717, 1.165) is 25.5 Å². The van der Waals surface area contributed by atoms with Gasteiger partial charge in [-0.2, -0.15) is 5.10 Å². The first-order valence-corrected chi connectivity index (χ1v) is 7.97. The fourth-order valence-corrected chi connectivity index (χ4v) is 4.00. The number of ether oxygens (including phenoxy) is 1. The molecule has 0 amide bonds. The topological polar surface area (TPSA) is 54.7 Å². The molecule has 3 rings (SSSR count). The minimum atomic E-state index is 0.159. The lowest BCUT2D eigenvalue weighted by Crippen LogP contribution is -2.67. The number of aromatic nitrogens is 2. The summed E-state index contributed by atoms with van der Waals surface area (Å²) in [6, 6.07) is 0.426. The average molecular weight is 305 g/mol. The SMILES string of the molecule is CN=C(NC1C2CCOC2C1(C)C)N(C)Cc1cnn(C)c1. The quantitative estimate of drug-likeness (QED) is 0.674. The highest BCUT2D eigenvalue weighted by molar-refractivity contribution is 5.80.